The van der Waals surface area contributed by atoms with E-state index in [9.17, 15) is 0 Å². The zero-order valence-electron chi connectivity index (χ0n) is 11.9. The molecular weight excluding hydrogens is 304 g/mol. The Balaban J connectivity index is 2.02. The van der Waals surface area contributed by atoms with Crippen molar-refractivity contribution in [1.29, 1.82) is 0 Å². The van der Waals surface area contributed by atoms with Crippen molar-refractivity contribution in [2.24, 2.45) is 0 Å². The molecule has 0 radical (unpaired) electrons. The molecule has 1 fully saturated rings. The molecule has 1 aromatic rings. The largest absolute Gasteiger partial charge is 0.494 e. The molecule has 4 heteroatoms. The Morgan fingerprint density at radius 2 is 1.79 bits per heavy atom. The predicted molar refractivity (Wildman–Crippen MR) is 82.7 cm³/mol. The van der Waals surface area contributed by atoms with Crippen molar-refractivity contribution >= 4 is 15.9 Å². The number of nitrogens with zero attached hydrogens (tertiary/aromatic N) is 2. The second kappa shape index (κ2) is 7.27. The van der Waals surface area contributed by atoms with E-state index in [0.29, 0.717) is 6.61 Å². The lowest BCUT2D eigenvalue weighted by atomic mass is 10.1. The van der Waals surface area contributed by atoms with Gasteiger partial charge in [-0.1, -0.05) is 28.9 Å². The molecule has 0 aromatic heterocycles. The van der Waals surface area contributed by atoms with Crippen LogP contribution in [0.1, 0.15) is 19.4 Å². The smallest absolute Gasteiger partial charge is 0.124 e. The lowest BCUT2D eigenvalue weighted by Gasteiger charge is -2.34. The fourth-order valence-corrected chi connectivity index (χ4v) is 2.94. The van der Waals surface area contributed by atoms with Gasteiger partial charge in [0.05, 0.1) is 6.61 Å². The van der Waals surface area contributed by atoms with Gasteiger partial charge >= 0.3 is 0 Å². The summed E-state index contributed by atoms with van der Waals surface area (Å²) in [7, 11) is 0. The van der Waals surface area contributed by atoms with E-state index in [4.69, 9.17) is 4.74 Å². The minimum Gasteiger partial charge on any atom is -0.494 e. The van der Waals surface area contributed by atoms with E-state index in [0.717, 1.165) is 36.4 Å². The van der Waals surface area contributed by atoms with Gasteiger partial charge in [0.25, 0.3) is 0 Å². The van der Waals surface area contributed by atoms with E-state index in [1.54, 1.807) is 0 Å². The molecule has 2 rings (SSSR count). The molecule has 1 saturated heterocycles. The number of rotatable bonds is 5. The maximum Gasteiger partial charge on any atom is 0.124 e. The fraction of sp³-hybridized carbons (Fsp3) is 0.600. The lowest BCUT2D eigenvalue weighted by molar-refractivity contribution is 0.130. The summed E-state index contributed by atoms with van der Waals surface area (Å²) >= 11 is 3.65. The molecule has 0 N–H and O–H groups in total. The Bertz CT molecular complexity index is 403. The van der Waals surface area contributed by atoms with Crippen LogP contribution in [0.3, 0.4) is 0 Å². The molecule has 0 atom stereocenters. The first-order chi connectivity index (χ1) is 9.24. The molecular formula is C15H23BrN2O. The second-order valence-electron chi connectivity index (χ2n) is 4.86. The summed E-state index contributed by atoms with van der Waals surface area (Å²) in [5.41, 5.74) is 1.27. The van der Waals surface area contributed by atoms with Crippen LogP contribution in [0, 0.1) is 0 Å². The van der Waals surface area contributed by atoms with Crippen LogP contribution in [0.5, 0.6) is 5.75 Å². The number of benzene rings is 1. The van der Waals surface area contributed by atoms with Crippen LogP contribution in [0.4, 0.5) is 0 Å². The Hall–Kier alpha value is -0.580. The number of piperazine rings is 1. The Kier molecular flexibility index (Phi) is 5.67. The van der Waals surface area contributed by atoms with Gasteiger partial charge in [-0.3, -0.25) is 4.90 Å². The maximum absolute atomic E-state index is 5.73. The van der Waals surface area contributed by atoms with Gasteiger partial charge in [-0.2, -0.15) is 0 Å². The van der Waals surface area contributed by atoms with E-state index in [1.807, 2.05) is 13.0 Å². The SMILES string of the molecule is CCOc1cccc(Br)c1CN1CCN(CC)CC1. The molecule has 106 valence electrons. The third kappa shape index (κ3) is 3.94. The minimum absolute atomic E-state index is 0.715. The summed E-state index contributed by atoms with van der Waals surface area (Å²) < 4.78 is 6.88. The third-order valence-corrected chi connectivity index (χ3v) is 4.41. The monoisotopic (exact) mass is 326 g/mol. The highest BCUT2D eigenvalue weighted by molar-refractivity contribution is 9.10. The van der Waals surface area contributed by atoms with Gasteiger partial charge in [-0.25, -0.2) is 0 Å². The Labute approximate surface area is 124 Å². The molecule has 0 amide bonds. The summed E-state index contributed by atoms with van der Waals surface area (Å²) in [5.74, 6) is 1.01. The lowest BCUT2D eigenvalue weighted by Crippen LogP contribution is -2.45. The normalized spacial score (nSPS) is 17.6. The molecule has 3 nitrogen and oxygen atoms in total. The van der Waals surface area contributed by atoms with Gasteiger partial charge in [0.2, 0.25) is 0 Å². The third-order valence-electron chi connectivity index (χ3n) is 3.67. The van der Waals surface area contributed by atoms with Crippen LogP contribution in [0.2, 0.25) is 0 Å². The van der Waals surface area contributed by atoms with E-state index >= 15 is 0 Å². The van der Waals surface area contributed by atoms with Crippen molar-refractivity contribution in [2.45, 2.75) is 20.4 Å². The summed E-state index contributed by atoms with van der Waals surface area (Å²) in [6.07, 6.45) is 0. The minimum atomic E-state index is 0.715. The van der Waals surface area contributed by atoms with E-state index < -0.39 is 0 Å². The molecule has 1 aliphatic rings. The highest BCUT2D eigenvalue weighted by Gasteiger charge is 2.18. The second-order valence-corrected chi connectivity index (χ2v) is 5.71. The molecule has 0 spiro atoms. The van der Waals surface area contributed by atoms with Crippen LogP contribution < -0.4 is 4.74 Å². The van der Waals surface area contributed by atoms with Gasteiger partial charge in [0, 0.05) is 42.8 Å². The van der Waals surface area contributed by atoms with Gasteiger partial charge in [0.15, 0.2) is 0 Å². The molecule has 0 saturated carbocycles. The zero-order valence-corrected chi connectivity index (χ0v) is 13.4. The average molecular weight is 327 g/mol. The molecule has 0 unspecified atom stereocenters. The van der Waals surface area contributed by atoms with E-state index in [1.165, 1.54) is 18.7 Å². The number of halogens is 1. The molecule has 1 aliphatic heterocycles. The van der Waals surface area contributed by atoms with Crippen LogP contribution in [0.25, 0.3) is 0 Å². The zero-order chi connectivity index (χ0) is 13.7. The number of ether oxygens (including phenoxy) is 1. The van der Waals surface area contributed by atoms with Crippen molar-refractivity contribution in [3.05, 3.63) is 28.2 Å². The quantitative estimate of drug-likeness (QED) is 0.827. The first kappa shape index (κ1) is 14.8. The molecule has 19 heavy (non-hydrogen) atoms. The Morgan fingerprint density at radius 3 is 2.42 bits per heavy atom. The first-order valence-electron chi connectivity index (χ1n) is 7.09. The van der Waals surface area contributed by atoms with Crippen LogP contribution in [0.15, 0.2) is 22.7 Å². The fourth-order valence-electron chi connectivity index (χ4n) is 2.47. The maximum atomic E-state index is 5.73. The van der Waals surface area contributed by atoms with Crippen molar-refractivity contribution in [2.75, 3.05) is 39.3 Å². The standard InChI is InChI=1S/C15H23BrN2O/c1-3-17-8-10-18(11-9-17)12-13-14(16)6-5-7-15(13)19-4-2/h5-7H,3-4,8-12H2,1-2H3. The van der Waals surface area contributed by atoms with Crippen molar-refractivity contribution in [1.82, 2.24) is 9.80 Å². The summed E-state index contributed by atoms with van der Waals surface area (Å²) in [6, 6.07) is 6.19. The summed E-state index contributed by atoms with van der Waals surface area (Å²) in [6.45, 7) is 11.7. The van der Waals surface area contributed by atoms with Gasteiger partial charge in [-0.05, 0) is 25.6 Å². The highest BCUT2D eigenvalue weighted by atomic mass is 79.9. The first-order valence-corrected chi connectivity index (χ1v) is 7.88. The average Bonchev–Trinajstić information content (AvgIpc) is 2.44. The molecule has 1 heterocycles. The van der Waals surface area contributed by atoms with Crippen LogP contribution >= 0.6 is 15.9 Å². The highest BCUT2D eigenvalue weighted by Crippen LogP contribution is 2.28. The van der Waals surface area contributed by atoms with Crippen molar-refractivity contribution in [3.63, 3.8) is 0 Å². The molecule has 0 bridgehead atoms. The van der Waals surface area contributed by atoms with E-state index in [-0.39, 0.29) is 0 Å². The number of likely N-dealkylation sites (N-methyl/N-ethyl adjacent to an activating group) is 1. The van der Waals surface area contributed by atoms with Crippen LogP contribution in [-0.2, 0) is 6.54 Å². The van der Waals surface area contributed by atoms with Gasteiger partial charge < -0.3 is 9.64 Å². The van der Waals surface area contributed by atoms with Gasteiger partial charge in [-0.15, -0.1) is 0 Å². The predicted octanol–water partition coefficient (Wildman–Crippen LogP) is 2.99. The topological polar surface area (TPSA) is 15.7 Å². The van der Waals surface area contributed by atoms with Crippen LogP contribution in [-0.4, -0.2) is 49.1 Å². The van der Waals surface area contributed by atoms with Gasteiger partial charge in [0.1, 0.15) is 5.75 Å². The summed E-state index contributed by atoms with van der Waals surface area (Å²) in [4.78, 5) is 5.01. The summed E-state index contributed by atoms with van der Waals surface area (Å²) in [5, 5.41) is 0. The van der Waals surface area contributed by atoms with Crippen molar-refractivity contribution < 1.29 is 4.74 Å². The molecule has 0 aliphatic carbocycles. The van der Waals surface area contributed by atoms with E-state index in [2.05, 4.69) is 44.8 Å². The van der Waals surface area contributed by atoms with Crippen molar-refractivity contribution in [3.8, 4) is 5.75 Å². The number of hydrogen-bond acceptors (Lipinski definition) is 3. The Morgan fingerprint density at radius 1 is 1.11 bits per heavy atom. The molecule has 1 aromatic carbocycles. The number of hydrogen-bond donors (Lipinski definition) is 0.